The summed E-state index contributed by atoms with van der Waals surface area (Å²) in [7, 11) is 1.34. The van der Waals surface area contributed by atoms with Gasteiger partial charge in [-0.3, -0.25) is 9.59 Å². The van der Waals surface area contributed by atoms with Crippen LogP contribution in [0.2, 0.25) is 0 Å². The summed E-state index contributed by atoms with van der Waals surface area (Å²) in [5.74, 6) is -0.144. The average Bonchev–Trinajstić information content (AvgIpc) is 3.02. The van der Waals surface area contributed by atoms with Gasteiger partial charge in [-0.15, -0.1) is 0 Å². The minimum absolute atomic E-state index is 0.0781. The molecule has 1 fully saturated rings. The molecule has 1 amide bonds. The first-order valence-electron chi connectivity index (χ1n) is 7.82. The van der Waals surface area contributed by atoms with Crippen LogP contribution in [0.1, 0.15) is 12.0 Å². The topological polar surface area (TPSA) is 55.8 Å². The predicted molar refractivity (Wildman–Crippen MR) is 89.7 cm³/mol. The first-order chi connectivity index (χ1) is 11.7. The van der Waals surface area contributed by atoms with Crippen molar-refractivity contribution in [2.45, 2.75) is 13.0 Å². The zero-order chi connectivity index (χ0) is 16.9. The predicted octanol–water partition coefficient (Wildman–Crippen LogP) is 2.79. The summed E-state index contributed by atoms with van der Waals surface area (Å²) in [6, 6.07) is 17.2. The number of ether oxygens (including phenoxy) is 2. The molecule has 0 aromatic heterocycles. The lowest BCUT2D eigenvalue weighted by Crippen LogP contribution is -2.26. The number of carbonyl (C=O) groups is 2. The summed E-state index contributed by atoms with van der Waals surface area (Å²) in [5.41, 5.74) is 1.81. The molecule has 0 spiro atoms. The third kappa shape index (κ3) is 3.56. The van der Waals surface area contributed by atoms with E-state index in [2.05, 4.69) is 0 Å². The van der Waals surface area contributed by atoms with Crippen LogP contribution in [0.4, 0.5) is 5.69 Å². The van der Waals surface area contributed by atoms with Crippen LogP contribution in [0, 0.1) is 5.92 Å². The molecule has 5 heteroatoms. The standard InChI is InChI=1S/C19H19NO4/c1-23-19(22)15-10-18(21)20(12-15)16-8-5-9-17(11-16)24-13-14-6-3-2-4-7-14/h2-9,11,15H,10,12-13H2,1H3. The SMILES string of the molecule is COC(=O)C1CC(=O)N(c2cccc(OCc3ccccc3)c2)C1. The summed E-state index contributed by atoms with van der Waals surface area (Å²) in [4.78, 5) is 25.4. The van der Waals surface area contributed by atoms with Crippen LogP contribution in [0.15, 0.2) is 54.6 Å². The molecular weight excluding hydrogens is 306 g/mol. The molecule has 5 nitrogen and oxygen atoms in total. The third-order valence-corrected chi connectivity index (χ3v) is 4.04. The van der Waals surface area contributed by atoms with Crippen LogP contribution in [0.5, 0.6) is 5.75 Å². The van der Waals surface area contributed by atoms with E-state index in [-0.39, 0.29) is 18.3 Å². The molecule has 3 rings (SSSR count). The summed E-state index contributed by atoms with van der Waals surface area (Å²) < 4.78 is 10.5. The summed E-state index contributed by atoms with van der Waals surface area (Å²) >= 11 is 0. The summed E-state index contributed by atoms with van der Waals surface area (Å²) in [6.45, 7) is 0.802. The van der Waals surface area contributed by atoms with Crippen molar-refractivity contribution in [3.05, 3.63) is 60.2 Å². The van der Waals surface area contributed by atoms with Gasteiger partial charge in [-0.05, 0) is 17.7 Å². The minimum atomic E-state index is -0.406. The van der Waals surface area contributed by atoms with Crippen molar-refractivity contribution in [2.75, 3.05) is 18.6 Å². The number of hydrogen-bond donors (Lipinski definition) is 0. The Labute approximate surface area is 140 Å². The van der Waals surface area contributed by atoms with Gasteiger partial charge < -0.3 is 14.4 Å². The Hall–Kier alpha value is -2.82. The maximum Gasteiger partial charge on any atom is 0.311 e. The molecule has 24 heavy (non-hydrogen) atoms. The van der Waals surface area contributed by atoms with Crippen molar-refractivity contribution < 1.29 is 19.1 Å². The smallest absolute Gasteiger partial charge is 0.311 e. The van der Waals surface area contributed by atoms with Crippen LogP contribution in [-0.4, -0.2) is 25.5 Å². The Morgan fingerprint density at radius 1 is 1.17 bits per heavy atom. The number of nitrogens with zero attached hydrogens (tertiary/aromatic N) is 1. The van der Waals surface area contributed by atoms with Gasteiger partial charge in [0.05, 0.1) is 13.0 Å². The maximum atomic E-state index is 12.2. The van der Waals surface area contributed by atoms with Crippen LogP contribution in [0.25, 0.3) is 0 Å². The van der Waals surface area contributed by atoms with Gasteiger partial charge in [-0.2, -0.15) is 0 Å². The van der Waals surface area contributed by atoms with Gasteiger partial charge >= 0.3 is 5.97 Å². The highest BCUT2D eigenvalue weighted by Gasteiger charge is 2.35. The van der Waals surface area contributed by atoms with Gasteiger partial charge in [0.15, 0.2) is 0 Å². The van der Waals surface area contributed by atoms with Crippen LogP contribution >= 0.6 is 0 Å². The molecule has 2 aromatic carbocycles. The highest BCUT2D eigenvalue weighted by Crippen LogP contribution is 2.28. The molecule has 1 unspecified atom stereocenters. The van der Waals surface area contributed by atoms with Crippen molar-refractivity contribution in [1.29, 1.82) is 0 Å². The molecule has 0 aliphatic carbocycles. The number of amides is 1. The lowest BCUT2D eigenvalue weighted by Gasteiger charge is -2.17. The van der Waals surface area contributed by atoms with Crippen LogP contribution < -0.4 is 9.64 Å². The molecule has 0 saturated carbocycles. The second-order valence-corrected chi connectivity index (χ2v) is 5.70. The number of benzene rings is 2. The zero-order valence-electron chi connectivity index (χ0n) is 13.5. The quantitative estimate of drug-likeness (QED) is 0.793. The number of carbonyl (C=O) groups excluding carboxylic acids is 2. The first kappa shape index (κ1) is 16.1. The molecule has 0 radical (unpaired) electrons. The Morgan fingerprint density at radius 3 is 2.71 bits per heavy atom. The molecule has 1 aliphatic rings. The van der Waals surface area contributed by atoms with Crippen molar-refractivity contribution in [3.63, 3.8) is 0 Å². The van der Waals surface area contributed by atoms with Crippen LogP contribution in [-0.2, 0) is 20.9 Å². The van der Waals surface area contributed by atoms with Crippen molar-refractivity contribution >= 4 is 17.6 Å². The Morgan fingerprint density at radius 2 is 1.96 bits per heavy atom. The molecule has 1 heterocycles. The van der Waals surface area contributed by atoms with Crippen LogP contribution in [0.3, 0.4) is 0 Å². The van der Waals surface area contributed by atoms with Gasteiger partial charge in [-0.25, -0.2) is 0 Å². The fourth-order valence-electron chi connectivity index (χ4n) is 2.76. The Kier molecular flexibility index (Phi) is 4.79. The van der Waals surface area contributed by atoms with Gasteiger partial charge in [-0.1, -0.05) is 36.4 Å². The van der Waals surface area contributed by atoms with Gasteiger partial charge in [0.25, 0.3) is 0 Å². The van der Waals surface area contributed by atoms with E-state index in [1.54, 1.807) is 4.90 Å². The minimum Gasteiger partial charge on any atom is -0.489 e. The van der Waals surface area contributed by atoms with Crippen molar-refractivity contribution in [1.82, 2.24) is 0 Å². The van der Waals surface area contributed by atoms with E-state index in [1.165, 1.54) is 7.11 Å². The van der Waals surface area contributed by atoms with E-state index in [4.69, 9.17) is 9.47 Å². The number of hydrogen-bond acceptors (Lipinski definition) is 4. The number of esters is 1. The molecule has 124 valence electrons. The highest BCUT2D eigenvalue weighted by atomic mass is 16.5. The fraction of sp³-hybridized carbons (Fsp3) is 0.263. The van der Waals surface area contributed by atoms with E-state index >= 15 is 0 Å². The molecule has 1 aliphatic heterocycles. The Bertz CT molecular complexity index is 729. The maximum absolute atomic E-state index is 12.2. The number of methoxy groups -OCH3 is 1. The number of anilines is 1. The molecule has 1 atom stereocenters. The second kappa shape index (κ2) is 7.17. The molecular formula is C19H19NO4. The van der Waals surface area contributed by atoms with E-state index in [1.807, 2.05) is 54.6 Å². The lowest BCUT2D eigenvalue weighted by atomic mass is 10.1. The van der Waals surface area contributed by atoms with Gasteiger partial charge in [0.1, 0.15) is 12.4 Å². The van der Waals surface area contributed by atoms with E-state index < -0.39 is 5.92 Å². The van der Waals surface area contributed by atoms with E-state index in [9.17, 15) is 9.59 Å². The highest BCUT2D eigenvalue weighted by molar-refractivity contribution is 5.99. The van der Waals surface area contributed by atoms with E-state index in [0.717, 1.165) is 11.3 Å². The van der Waals surface area contributed by atoms with E-state index in [0.29, 0.717) is 18.9 Å². The average molecular weight is 325 g/mol. The molecule has 2 aromatic rings. The Balaban J connectivity index is 1.69. The monoisotopic (exact) mass is 325 g/mol. The lowest BCUT2D eigenvalue weighted by molar-refractivity contribution is -0.145. The van der Waals surface area contributed by atoms with Gasteiger partial charge in [0, 0.05) is 24.7 Å². The third-order valence-electron chi connectivity index (χ3n) is 4.04. The second-order valence-electron chi connectivity index (χ2n) is 5.70. The fourth-order valence-corrected chi connectivity index (χ4v) is 2.76. The van der Waals surface area contributed by atoms with Gasteiger partial charge in [0.2, 0.25) is 5.91 Å². The molecule has 0 N–H and O–H groups in total. The normalized spacial score (nSPS) is 17.0. The summed E-state index contributed by atoms with van der Waals surface area (Å²) in [5, 5.41) is 0. The first-order valence-corrected chi connectivity index (χ1v) is 7.82. The zero-order valence-corrected chi connectivity index (χ0v) is 13.5. The molecule has 0 bridgehead atoms. The van der Waals surface area contributed by atoms with Crippen molar-refractivity contribution in [3.8, 4) is 5.75 Å². The molecule has 1 saturated heterocycles. The summed E-state index contributed by atoms with van der Waals surface area (Å²) in [6.07, 6.45) is 0.182. The number of rotatable bonds is 5. The largest absolute Gasteiger partial charge is 0.489 e. The van der Waals surface area contributed by atoms with Crippen molar-refractivity contribution in [2.24, 2.45) is 5.92 Å².